The molecule has 0 aromatic heterocycles. The van der Waals surface area contributed by atoms with E-state index in [2.05, 4.69) is 6.58 Å². The highest BCUT2D eigenvalue weighted by Crippen LogP contribution is 2.34. The van der Waals surface area contributed by atoms with Gasteiger partial charge in [-0.3, -0.25) is 0 Å². The summed E-state index contributed by atoms with van der Waals surface area (Å²) in [5.74, 6) is 0.696. The molecule has 0 N–H and O–H groups in total. The fourth-order valence-corrected chi connectivity index (χ4v) is 1.62. The number of ether oxygens (including phenoxy) is 3. The summed E-state index contributed by atoms with van der Waals surface area (Å²) in [5, 5.41) is 0. The minimum absolute atomic E-state index is 0.141. The third-order valence-electron chi connectivity index (χ3n) is 2.56. The molecule has 0 spiro atoms. The van der Waals surface area contributed by atoms with E-state index in [0.717, 1.165) is 5.56 Å². The van der Waals surface area contributed by atoms with E-state index >= 15 is 0 Å². The van der Waals surface area contributed by atoms with Crippen molar-refractivity contribution in [2.75, 3.05) is 13.7 Å². The van der Waals surface area contributed by atoms with E-state index in [9.17, 15) is 4.79 Å². The molecule has 4 heteroatoms. The first-order valence-corrected chi connectivity index (χ1v) is 4.84. The molecular formula is C12H12O4. The molecule has 0 saturated carbocycles. The first kappa shape index (κ1) is 10.5. The Morgan fingerprint density at radius 2 is 2.38 bits per heavy atom. The molecule has 4 nitrogen and oxygen atoms in total. The molecule has 1 atom stereocenters. The molecule has 1 aromatic rings. The Balaban J connectivity index is 2.40. The second kappa shape index (κ2) is 3.89. The standard InChI is InChI=1S/C12H12O4/c1-3-12(8-15-11(13)16-12)9-5-4-6-10(7-9)14-2/h3-7H,1,8H2,2H3. The van der Waals surface area contributed by atoms with Gasteiger partial charge in [-0.25, -0.2) is 4.79 Å². The van der Waals surface area contributed by atoms with Crippen LogP contribution in [0.25, 0.3) is 0 Å². The van der Waals surface area contributed by atoms with Crippen LogP contribution in [0.5, 0.6) is 5.75 Å². The van der Waals surface area contributed by atoms with Crippen LogP contribution >= 0.6 is 0 Å². The van der Waals surface area contributed by atoms with Crippen molar-refractivity contribution in [2.24, 2.45) is 0 Å². The molecule has 1 aromatic carbocycles. The fourth-order valence-electron chi connectivity index (χ4n) is 1.62. The van der Waals surface area contributed by atoms with Gasteiger partial charge >= 0.3 is 6.16 Å². The number of cyclic esters (lactones) is 2. The summed E-state index contributed by atoms with van der Waals surface area (Å²) < 4.78 is 15.1. The summed E-state index contributed by atoms with van der Waals surface area (Å²) >= 11 is 0. The lowest BCUT2D eigenvalue weighted by molar-refractivity contribution is 0.0886. The van der Waals surface area contributed by atoms with Crippen molar-refractivity contribution in [1.82, 2.24) is 0 Å². The van der Waals surface area contributed by atoms with Gasteiger partial charge in [-0.15, -0.1) is 0 Å². The van der Waals surface area contributed by atoms with E-state index < -0.39 is 11.8 Å². The molecule has 0 bridgehead atoms. The number of carbonyl (C=O) groups is 1. The second-order valence-electron chi connectivity index (χ2n) is 3.47. The monoisotopic (exact) mass is 220 g/mol. The SMILES string of the molecule is C=CC1(c2cccc(OC)c2)COC(=O)O1. The van der Waals surface area contributed by atoms with Gasteiger partial charge in [0, 0.05) is 5.56 Å². The summed E-state index contributed by atoms with van der Waals surface area (Å²) in [4.78, 5) is 11.0. The Morgan fingerprint density at radius 3 is 2.94 bits per heavy atom. The minimum Gasteiger partial charge on any atom is -0.497 e. The molecule has 16 heavy (non-hydrogen) atoms. The molecule has 1 aliphatic heterocycles. The highest BCUT2D eigenvalue weighted by Gasteiger charge is 2.41. The highest BCUT2D eigenvalue weighted by molar-refractivity contribution is 5.64. The van der Waals surface area contributed by atoms with Gasteiger partial charge in [0.25, 0.3) is 0 Å². The summed E-state index contributed by atoms with van der Waals surface area (Å²) in [6, 6.07) is 7.28. The Labute approximate surface area is 93.4 Å². The minimum atomic E-state index is -0.897. The zero-order valence-corrected chi connectivity index (χ0v) is 8.93. The number of carbonyl (C=O) groups excluding carboxylic acids is 1. The molecule has 1 aliphatic rings. The maximum absolute atomic E-state index is 11.0. The van der Waals surface area contributed by atoms with Crippen LogP contribution in [0.2, 0.25) is 0 Å². The first-order chi connectivity index (χ1) is 7.70. The van der Waals surface area contributed by atoms with Gasteiger partial charge in [0.15, 0.2) is 5.60 Å². The van der Waals surface area contributed by atoms with E-state index in [1.807, 2.05) is 18.2 Å². The average Bonchev–Trinajstić information content (AvgIpc) is 2.72. The quantitative estimate of drug-likeness (QED) is 0.579. The van der Waals surface area contributed by atoms with Crippen LogP contribution in [0, 0.1) is 0 Å². The van der Waals surface area contributed by atoms with Crippen molar-refractivity contribution >= 4 is 6.16 Å². The summed E-state index contributed by atoms with van der Waals surface area (Å²) in [5.41, 5.74) is -0.112. The van der Waals surface area contributed by atoms with Gasteiger partial charge in [-0.2, -0.15) is 0 Å². The third-order valence-corrected chi connectivity index (χ3v) is 2.56. The highest BCUT2D eigenvalue weighted by atomic mass is 16.8. The lowest BCUT2D eigenvalue weighted by Crippen LogP contribution is -2.25. The van der Waals surface area contributed by atoms with Crippen molar-refractivity contribution < 1.29 is 19.0 Å². The van der Waals surface area contributed by atoms with Crippen LogP contribution in [0.4, 0.5) is 4.79 Å². The van der Waals surface area contributed by atoms with E-state index in [1.165, 1.54) is 0 Å². The Kier molecular flexibility index (Phi) is 2.56. The van der Waals surface area contributed by atoms with E-state index in [-0.39, 0.29) is 6.61 Å². The lowest BCUT2D eigenvalue weighted by atomic mass is 9.95. The van der Waals surface area contributed by atoms with Gasteiger partial charge in [-0.1, -0.05) is 18.7 Å². The Hall–Kier alpha value is -1.97. The number of hydrogen-bond acceptors (Lipinski definition) is 4. The molecular weight excluding hydrogens is 208 g/mol. The van der Waals surface area contributed by atoms with Crippen molar-refractivity contribution in [3.05, 3.63) is 42.5 Å². The van der Waals surface area contributed by atoms with E-state index in [4.69, 9.17) is 14.2 Å². The lowest BCUT2D eigenvalue weighted by Gasteiger charge is -2.21. The van der Waals surface area contributed by atoms with Crippen LogP contribution in [0.3, 0.4) is 0 Å². The fraction of sp³-hybridized carbons (Fsp3) is 0.250. The average molecular weight is 220 g/mol. The maximum atomic E-state index is 11.0. The van der Waals surface area contributed by atoms with E-state index in [1.54, 1.807) is 19.3 Å². The molecule has 84 valence electrons. The largest absolute Gasteiger partial charge is 0.509 e. The molecule has 1 saturated heterocycles. The third kappa shape index (κ3) is 1.62. The van der Waals surface area contributed by atoms with Gasteiger partial charge in [0.1, 0.15) is 12.4 Å². The number of benzene rings is 1. The van der Waals surface area contributed by atoms with Crippen LogP contribution < -0.4 is 4.74 Å². The molecule has 0 radical (unpaired) electrons. The second-order valence-corrected chi connectivity index (χ2v) is 3.47. The smallest absolute Gasteiger partial charge is 0.497 e. The maximum Gasteiger partial charge on any atom is 0.509 e. The van der Waals surface area contributed by atoms with Crippen LogP contribution in [-0.2, 0) is 15.1 Å². The normalized spacial score (nSPS) is 23.4. The molecule has 0 amide bonds. The molecule has 1 unspecified atom stereocenters. The first-order valence-electron chi connectivity index (χ1n) is 4.84. The number of methoxy groups -OCH3 is 1. The molecule has 2 rings (SSSR count). The molecule has 0 aliphatic carbocycles. The van der Waals surface area contributed by atoms with Crippen LogP contribution in [0.15, 0.2) is 36.9 Å². The Morgan fingerprint density at radius 1 is 1.56 bits per heavy atom. The van der Waals surface area contributed by atoms with Crippen molar-refractivity contribution in [2.45, 2.75) is 5.60 Å². The van der Waals surface area contributed by atoms with Gasteiger partial charge in [0.05, 0.1) is 7.11 Å². The van der Waals surface area contributed by atoms with Crippen LogP contribution in [-0.4, -0.2) is 19.9 Å². The zero-order chi connectivity index (χ0) is 11.6. The molecule has 1 heterocycles. The van der Waals surface area contributed by atoms with E-state index in [0.29, 0.717) is 5.75 Å². The van der Waals surface area contributed by atoms with Crippen molar-refractivity contribution in [3.8, 4) is 5.75 Å². The number of rotatable bonds is 3. The zero-order valence-electron chi connectivity index (χ0n) is 8.93. The van der Waals surface area contributed by atoms with Gasteiger partial charge in [0.2, 0.25) is 0 Å². The van der Waals surface area contributed by atoms with Gasteiger partial charge < -0.3 is 14.2 Å². The summed E-state index contributed by atoms with van der Waals surface area (Å²) in [7, 11) is 1.58. The predicted octanol–water partition coefficient (Wildman–Crippen LogP) is 2.24. The van der Waals surface area contributed by atoms with Crippen molar-refractivity contribution in [1.29, 1.82) is 0 Å². The number of hydrogen-bond donors (Lipinski definition) is 0. The van der Waals surface area contributed by atoms with Crippen LogP contribution in [0.1, 0.15) is 5.56 Å². The van der Waals surface area contributed by atoms with Gasteiger partial charge in [-0.05, 0) is 18.2 Å². The topological polar surface area (TPSA) is 44.8 Å². The predicted molar refractivity (Wildman–Crippen MR) is 57.3 cm³/mol. The van der Waals surface area contributed by atoms with Crippen molar-refractivity contribution in [3.63, 3.8) is 0 Å². The summed E-state index contributed by atoms with van der Waals surface area (Å²) in [6.07, 6.45) is 0.884. The summed E-state index contributed by atoms with van der Waals surface area (Å²) in [6.45, 7) is 3.82. The Bertz CT molecular complexity index is 427. The molecule has 1 fully saturated rings.